The second-order valence-electron chi connectivity index (χ2n) is 5.14. The van der Waals surface area contributed by atoms with Crippen molar-refractivity contribution >= 4 is 17.3 Å². The molecule has 0 spiro atoms. The fraction of sp³-hybridized carbons (Fsp3) is 0.667. The molecule has 3 aliphatic rings. The molecule has 2 N–H and O–H groups in total. The van der Waals surface area contributed by atoms with Gasteiger partial charge in [-0.05, 0) is 4.92 Å². The molecular formula is C9H9N5O7. The van der Waals surface area contributed by atoms with Crippen molar-refractivity contribution in [2.45, 2.75) is 30.6 Å². The average Bonchev–Trinajstić information content (AvgIpc) is 2.98. The number of hydrogen-bond donors (Lipinski definition) is 2. The molecule has 112 valence electrons. The van der Waals surface area contributed by atoms with E-state index in [1.165, 1.54) is 0 Å². The van der Waals surface area contributed by atoms with Gasteiger partial charge in [0.25, 0.3) is 0 Å². The minimum Gasteiger partial charge on any atom is -0.366 e. The Bertz CT molecular complexity index is 674. The van der Waals surface area contributed by atoms with Gasteiger partial charge in [-0.2, -0.15) is 0 Å². The van der Waals surface area contributed by atoms with Gasteiger partial charge in [-0.3, -0.25) is 10.1 Å². The first-order chi connectivity index (χ1) is 9.90. The quantitative estimate of drug-likeness (QED) is 0.542. The maximum Gasteiger partial charge on any atom is 0.470 e. The Morgan fingerprint density at radius 2 is 2.19 bits per heavy atom. The molecule has 1 aromatic heterocycles. The summed E-state index contributed by atoms with van der Waals surface area (Å²) in [4.78, 5) is 20.3. The van der Waals surface area contributed by atoms with E-state index in [1.807, 2.05) is 0 Å². The minimum absolute atomic E-state index is 0.130. The van der Waals surface area contributed by atoms with E-state index in [1.54, 1.807) is 0 Å². The van der Waals surface area contributed by atoms with Crippen LogP contribution in [0.25, 0.3) is 0 Å². The van der Waals surface area contributed by atoms with Gasteiger partial charge in [0.05, 0.1) is 16.6 Å². The molecular weight excluding hydrogens is 290 g/mol. The molecule has 2 fully saturated rings. The third-order valence-corrected chi connectivity index (χ3v) is 3.92. The lowest BCUT2D eigenvalue weighted by Crippen LogP contribution is -2.58. The molecule has 3 aliphatic heterocycles. The van der Waals surface area contributed by atoms with Crippen LogP contribution >= 0.6 is 0 Å². The van der Waals surface area contributed by atoms with Crippen LogP contribution in [0.2, 0.25) is 0 Å². The highest BCUT2D eigenvalue weighted by Crippen LogP contribution is 2.50. The number of ether oxygens (including phenoxy) is 2. The molecule has 4 bridgehead atoms. The summed E-state index contributed by atoms with van der Waals surface area (Å²) in [6.07, 6.45) is -1.30. The molecule has 4 rings (SSSR count). The zero-order valence-corrected chi connectivity index (χ0v) is 10.3. The van der Waals surface area contributed by atoms with Crippen LogP contribution in [0.4, 0.5) is 17.3 Å². The van der Waals surface area contributed by atoms with Crippen LogP contribution in [0.3, 0.4) is 0 Å². The maximum atomic E-state index is 11.1. The van der Waals surface area contributed by atoms with E-state index in [2.05, 4.69) is 10.4 Å². The number of aliphatic hydroxyl groups is 1. The molecule has 0 aliphatic carbocycles. The normalized spacial score (nSPS) is 36.0. The highest BCUT2D eigenvalue weighted by atomic mass is 16.7. The Hall–Kier alpha value is -2.31. The molecule has 4 heterocycles. The van der Waals surface area contributed by atoms with Gasteiger partial charge in [0.2, 0.25) is 12.1 Å². The summed E-state index contributed by atoms with van der Waals surface area (Å²) in [5.74, 6) is -1.07. The van der Waals surface area contributed by atoms with E-state index < -0.39 is 45.5 Å². The summed E-state index contributed by atoms with van der Waals surface area (Å²) >= 11 is 0. The lowest BCUT2D eigenvalue weighted by Gasteiger charge is -2.43. The van der Waals surface area contributed by atoms with Gasteiger partial charge in [0.15, 0.2) is 5.72 Å². The first kappa shape index (κ1) is 12.4. The Balaban J connectivity index is 1.93. The van der Waals surface area contributed by atoms with E-state index in [4.69, 9.17) is 9.47 Å². The van der Waals surface area contributed by atoms with Crippen LogP contribution in [0, 0.1) is 20.2 Å². The van der Waals surface area contributed by atoms with Crippen molar-refractivity contribution in [1.82, 2.24) is 9.78 Å². The molecule has 12 nitrogen and oxygen atoms in total. The zero-order chi connectivity index (χ0) is 14.9. The van der Waals surface area contributed by atoms with Gasteiger partial charge in [-0.25, -0.2) is 0 Å². The minimum atomic E-state index is -1.67. The van der Waals surface area contributed by atoms with Gasteiger partial charge in [-0.15, -0.1) is 4.68 Å². The Labute approximate surface area is 115 Å². The van der Waals surface area contributed by atoms with Crippen molar-refractivity contribution in [3.05, 3.63) is 20.2 Å². The van der Waals surface area contributed by atoms with E-state index in [-0.39, 0.29) is 18.8 Å². The summed E-state index contributed by atoms with van der Waals surface area (Å²) in [6.45, 7) is 0.181. The first-order valence-electron chi connectivity index (χ1n) is 6.09. The number of hydrogen-bond acceptors (Lipinski definition) is 9. The molecule has 1 aromatic rings. The Morgan fingerprint density at radius 3 is 2.86 bits per heavy atom. The summed E-state index contributed by atoms with van der Waals surface area (Å²) in [7, 11) is 0. The van der Waals surface area contributed by atoms with Crippen molar-refractivity contribution in [1.29, 1.82) is 0 Å². The van der Waals surface area contributed by atoms with E-state index >= 15 is 0 Å². The average molecular weight is 299 g/mol. The number of aromatic nitrogens is 2. The molecule has 4 unspecified atom stereocenters. The lowest BCUT2D eigenvalue weighted by atomic mass is 9.94. The monoisotopic (exact) mass is 299 g/mol. The van der Waals surface area contributed by atoms with E-state index in [9.17, 15) is 25.3 Å². The third kappa shape index (κ3) is 1.46. The van der Waals surface area contributed by atoms with Crippen LogP contribution in [0.5, 0.6) is 0 Å². The predicted octanol–water partition coefficient (Wildman–Crippen LogP) is -0.500. The largest absolute Gasteiger partial charge is 0.470 e. The molecule has 12 heteroatoms. The van der Waals surface area contributed by atoms with Gasteiger partial charge in [0.1, 0.15) is 12.1 Å². The molecule has 0 aromatic carbocycles. The SMILES string of the molecule is O=[N+]([O-])c1nn2c(c1[N+](=O)[O-])NC1(O)CC2C2COC1O2. The van der Waals surface area contributed by atoms with Crippen LogP contribution in [0.15, 0.2) is 0 Å². The van der Waals surface area contributed by atoms with Crippen molar-refractivity contribution in [2.75, 3.05) is 11.9 Å². The second kappa shape index (κ2) is 3.66. The first-order valence-corrected chi connectivity index (χ1v) is 6.09. The molecule has 0 saturated carbocycles. The Kier molecular flexibility index (Phi) is 2.17. The Morgan fingerprint density at radius 1 is 1.43 bits per heavy atom. The van der Waals surface area contributed by atoms with E-state index in [0.29, 0.717) is 0 Å². The number of rotatable bonds is 2. The molecule has 2 saturated heterocycles. The van der Waals surface area contributed by atoms with Crippen molar-refractivity contribution < 1.29 is 24.4 Å². The van der Waals surface area contributed by atoms with Crippen molar-refractivity contribution in [3.63, 3.8) is 0 Å². The molecule has 4 atom stereocenters. The van der Waals surface area contributed by atoms with Gasteiger partial charge in [-0.1, -0.05) is 0 Å². The van der Waals surface area contributed by atoms with Gasteiger partial charge in [0, 0.05) is 6.42 Å². The zero-order valence-electron chi connectivity index (χ0n) is 10.3. The number of fused-ring (bicyclic) bond motifs is 8. The second-order valence-corrected chi connectivity index (χ2v) is 5.14. The summed E-state index contributed by atoms with van der Waals surface area (Å²) in [6, 6.07) is -0.572. The van der Waals surface area contributed by atoms with Crippen molar-refractivity contribution in [2.24, 2.45) is 0 Å². The maximum absolute atomic E-state index is 11.1. The fourth-order valence-electron chi connectivity index (χ4n) is 3.04. The number of anilines is 1. The number of nitro groups is 2. The molecule has 0 amide bonds. The third-order valence-electron chi connectivity index (χ3n) is 3.92. The topological polar surface area (TPSA) is 155 Å². The predicted molar refractivity (Wildman–Crippen MR) is 62.4 cm³/mol. The van der Waals surface area contributed by atoms with Crippen LogP contribution in [-0.2, 0) is 9.47 Å². The highest BCUT2D eigenvalue weighted by molar-refractivity contribution is 5.68. The number of nitrogens with one attached hydrogen (secondary N) is 1. The highest BCUT2D eigenvalue weighted by Gasteiger charge is 2.60. The number of nitrogens with zero attached hydrogens (tertiary/aromatic N) is 4. The van der Waals surface area contributed by atoms with E-state index in [0.717, 1.165) is 4.68 Å². The standard InChI is InChI=1S/C9H9N5O7/c15-9-1-3(4-2-20-8(9)21-4)12-6(10-9)5(13(16)17)7(11-12)14(18)19/h3-4,8,10,15H,1-2H2. The smallest absolute Gasteiger partial charge is 0.366 e. The molecule has 0 radical (unpaired) electrons. The van der Waals surface area contributed by atoms with Crippen LogP contribution in [-0.4, -0.2) is 49.5 Å². The van der Waals surface area contributed by atoms with Gasteiger partial charge < -0.3 is 30.0 Å². The summed E-state index contributed by atoms with van der Waals surface area (Å²) in [5, 5.41) is 38.8. The fourth-order valence-corrected chi connectivity index (χ4v) is 3.04. The van der Waals surface area contributed by atoms with Crippen LogP contribution < -0.4 is 5.32 Å². The summed E-state index contributed by atoms with van der Waals surface area (Å²) < 4.78 is 11.9. The summed E-state index contributed by atoms with van der Waals surface area (Å²) in [5.41, 5.74) is -2.45. The lowest BCUT2D eigenvalue weighted by molar-refractivity contribution is -0.424. The van der Waals surface area contributed by atoms with Crippen molar-refractivity contribution in [3.8, 4) is 0 Å². The van der Waals surface area contributed by atoms with Gasteiger partial charge >= 0.3 is 11.5 Å². The molecule has 21 heavy (non-hydrogen) atoms. The van der Waals surface area contributed by atoms with Crippen LogP contribution in [0.1, 0.15) is 12.5 Å².